The molecule has 1 fully saturated rings. The lowest BCUT2D eigenvalue weighted by Crippen LogP contribution is -2.44. The third-order valence-corrected chi connectivity index (χ3v) is 4.10. The largest absolute Gasteiger partial charge is 0.353 e. The van der Waals surface area contributed by atoms with Gasteiger partial charge >= 0.3 is 0 Å². The molecule has 0 unspecified atom stereocenters. The summed E-state index contributed by atoms with van der Waals surface area (Å²) in [6.45, 7) is 3.86. The average Bonchev–Trinajstić information content (AvgIpc) is 2.62. The third-order valence-electron chi connectivity index (χ3n) is 4.10. The Morgan fingerprint density at radius 2 is 1.92 bits per heavy atom. The summed E-state index contributed by atoms with van der Waals surface area (Å²) in [4.78, 5) is 25.0. The molecule has 1 aliphatic heterocycles. The molecule has 1 aromatic carbocycles. The van der Waals surface area contributed by atoms with Crippen molar-refractivity contribution in [1.29, 1.82) is 0 Å². The number of aromatic nitrogens is 2. The van der Waals surface area contributed by atoms with Crippen LogP contribution in [0.25, 0.3) is 0 Å². The zero-order valence-corrected chi connectivity index (χ0v) is 13.6. The highest BCUT2D eigenvalue weighted by molar-refractivity contribution is 5.91. The number of likely N-dealkylation sites (N-methyl/N-ethyl adjacent to an activating group) is 1. The normalized spacial score (nSPS) is 15.3. The maximum absolute atomic E-state index is 13.5. The monoisotopic (exact) mass is 329 g/mol. The Morgan fingerprint density at radius 3 is 2.58 bits per heavy atom. The van der Waals surface area contributed by atoms with Gasteiger partial charge in [-0.25, -0.2) is 14.4 Å². The van der Waals surface area contributed by atoms with Gasteiger partial charge in [0.1, 0.15) is 17.3 Å². The van der Waals surface area contributed by atoms with Crippen LogP contribution in [0.2, 0.25) is 0 Å². The number of hydrogen-bond donors (Lipinski definition) is 1. The number of carbonyl (C=O) groups excluding carboxylic acids is 1. The molecule has 0 radical (unpaired) electrons. The highest BCUT2D eigenvalue weighted by Gasteiger charge is 2.16. The molecule has 126 valence electrons. The van der Waals surface area contributed by atoms with Gasteiger partial charge in [-0.1, -0.05) is 18.2 Å². The smallest absolute Gasteiger partial charge is 0.271 e. The molecule has 0 aliphatic carbocycles. The first kappa shape index (κ1) is 16.3. The number of benzene rings is 1. The summed E-state index contributed by atoms with van der Waals surface area (Å²) in [5.74, 6) is 0.0683. The number of piperazine rings is 1. The Hall–Kier alpha value is -2.54. The van der Waals surface area contributed by atoms with Crippen LogP contribution in [0.4, 0.5) is 10.2 Å². The molecule has 1 saturated heterocycles. The van der Waals surface area contributed by atoms with Crippen molar-refractivity contribution in [2.24, 2.45) is 0 Å². The molecule has 3 rings (SSSR count). The van der Waals surface area contributed by atoms with E-state index in [9.17, 15) is 9.18 Å². The van der Waals surface area contributed by atoms with Gasteiger partial charge in [-0.3, -0.25) is 4.79 Å². The van der Waals surface area contributed by atoms with E-state index in [1.165, 1.54) is 12.3 Å². The van der Waals surface area contributed by atoms with Crippen LogP contribution < -0.4 is 10.2 Å². The third kappa shape index (κ3) is 3.86. The number of halogens is 1. The van der Waals surface area contributed by atoms with Gasteiger partial charge in [0.15, 0.2) is 0 Å². The first-order valence-corrected chi connectivity index (χ1v) is 7.90. The van der Waals surface area contributed by atoms with E-state index in [1.807, 2.05) is 0 Å². The number of carbonyl (C=O) groups is 1. The zero-order chi connectivity index (χ0) is 16.9. The molecule has 2 heterocycles. The second kappa shape index (κ2) is 7.35. The summed E-state index contributed by atoms with van der Waals surface area (Å²) in [7, 11) is 2.09. The van der Waals surface area contributed by atoms with Gasteiger partial charge in [0, 0.05) is 38.3 Å². The summed E-state index contributed by atoms with van der Waals surface area (Å²) < 4.78 is 13.5. The van der Waals surface area contributed by atoms with Crippen LogP contribution in [0.15, 0.2) is 36.7 Å². The Bertz CT molecular complexity index is 698. The first-order chi connectivity index (χ1) is 11.6. The van der Waals surface area contributed by atoms with Gasteiger partial charge in [0.25, 0.3) is 5.91 Å². The molecule has 0 atom stereocenters. The number of nitrogens with one attached hydrogen (secondary N) is 1. The molecule has 0 saturated carbocycles. The Labute approximate surface area is 140 Å². The van der Waals surface area contributed by atoms with Crippen molar-refractivity contribution in [3.8, 4) is 0 Å². The number of hydrogen-bond acceptors (Lipinski definition) is 5. The maximum Gasteiger partial charge on any atom is 0.271 e. The summed E-state index contributed by atoms with van der Waals surface area (Å²) in [6.07, 6.45) is 3.08. The van der Waals surface area contributed by atoms with Gasteiger partial charge in [-0.15, -0.1) is 0 Å². The van der Waals surface area contributed by atoms with E-state index in [4.69, 9.17) is 0 Å². The van der Waals surface area contributed by atoms with Crippen LogP contribution >= 0.6 is 0 Å². The first-order valence-electron chi connectivity index (χ1n) is 7.90. The Kier molecular flexibility index (Phi) is 5.00. The predicted octanol–water partition coefficient (Wildman–Crippen LogP) is 1.30. The lowest BCUT2D eigenvalue weighted by Gasteiger charge is -2.32. The molecule has 0 spiro atoms. The fraction of sp³-hybridized carbons (Fsp3) is 0.353. The van der Waals surface area contributed by atoms with Gasteiger partial charge in [-0.05, 0) is 13.1 Å². The molecule has 1 amide bonds. The van der Waals surface area contributed by atoms with E-state index in [2.05, 4.69) is 32.1 Å². The summed E-state index contributed by atoms with van der Waals surface area (Å²) in [6, 6.07) is 6.35. The van der Waals surface area contributed by atoms with Crippen LogP contribution in [0.3, 0.4) is 0 Å². The van der Waals surface area contributed by atoms with Crippen LogP contribution in [-0.4, -0.2) is 54.0 Å². The quantitative estimate of drug-likeness (QED) is 0.916. The second-order valence-corrected chi connectivity index (χ2v) is 5.82. The number of nitrogens with zero attached hydrogens (tertiary/aromatic N) is 4. The van der Waals surface area contributed by atoms with Crippen LogP contribution in [-0.2, 0) is 6.54 Å². The van der Waals surface area contributed by atoms with E-state index in [0.717, 1.165) is 32.0 Å². The standard InChI is InChI=1S/C17H20FN5O/c1-22-6-8-23(9-7-22)16-12-19-15(11-20-16)17(24)21-10-13-4-2-3-5-14(13)18/h2-5,11-12H,6-10H2,1H3,(H,21,24). The summed E-state index contributed by atoms with van der Waals surface area (Å²) in [5.41, 5.74) is 0.664. The van der Waals surface area contributed by atoms with E-state index in [0.29, 0.717) is 5.56 Å². The van der Waals surface area contributed by atoms with E-state index < -0.39 is 0 Å². The topological polar surface area (TPSA) is 61.4 Å². The lowest BCUT2D eigenvalue weighted by molar-refractivity contribution is 0.0945. The highest BCUT2D eigenvalue weighted by atomic mass is 19.1. The second-order valence-electron chi connectivity index (χ2n) is 5.82. The fourth-order valence-corrected chi connectivity index (χ4v) is 2.55. The van der Waals surface area contributed by atoms with Gasteiger partial charge in [0.2, 0.25) is 0 Å². The Morgan fingerprint density at radius 1 is 1.17 bits per heavy atom. The molecule has 6 nitrogen and oxygen atoms in total. The minimum absolute atomic E-state index is 0.118. The fourth-order valence-electron chi connectivity index (χ4n) is 2.55. The molecule has 1 aliphatic rings. The van der Waals surface area contributed by atoms with Gasteiger partial charge in [-0.2, -0.15) is 0 Å². The highest BCUT2D eigenvalue weighted by Crippen LogP contribution is 2.12. The van der Waals surface area contributed by atoms with Crippen molar-refractivity contribution in [2.45, 2.75) is 6.54 Å². The van der Waals surface area contributed by atoms with Crippen LogP contribution in [0.5, 0.6) is 0 Å². The average molecular weight is 329 g/mol. The van der Waals surface area contributed by atoms with Crippen molar-refractivity contribution < 1.29 is 9.18 Å². The number of rotatable bonds is 4. The number of amides is 1. The molecule has 2 aromatic rings. The number of anilines is 1. The SMILES string of the molecule is CN1CCN(c2cnc(C(=O)NCc3ccccc3F)cn2)CC1. The molecule has 1 aromatic heterocycles. The van der Waals surface area contributed by atoms with Crippen molar-refractivity contribution in [1.82, 2.24) is 20.2 Å². The predicted molar refractivity (Wildman–Crippen MR) is 89.3 cm³/mol. The van der Waals surface area contributed by atoms with Gasteiger partial charge in [0.05, 0.1) is 12.4 Å². The minimum Gasteiger partial charge on any atom is -0.353 e. The van der Waals surface area contributed by atoms with Crippen LogP contribution in [0, 0.1) is 5.82 Å². The molecular formula is C17H20FN5O. The lowest BCUT2D eigenvalue weighted by atomic mass is 10.2. The van der Waals surface area contributed by atoms with Crippen molar-refractivity contribution >= 4 is 11.7 Å². The molecular weight excluding hydrogens is 309 g/mol. The molecule has 0 bridgehead atoms. The minimum atomic E-state index is -0.365. The van der Waals surface area contributed by atoms with Gasteiger partial charge < -0.3 is 15.1 Å². The van der Waals surface area contributed by atoms with E-state index in [1.54, 1.807) is 24.4 Å². The van der Waals surface area contributed by atoms with Crippen LogP contribution in [0.1, 0.15) is 16.1 Å². The molecule has 7 heteroatoms. The van der Waals surface area contributed by atoms with Crippen molar-refractivity contribution in [3.63, 3.8) is 0 Å². The van der Waals surface area contributed by atoms with Crippen molar-refractivity contribution in [2.75, 3.05) is 38.1 Å². The van der Waals surface area contributed by atoms with E-state index >= 15 is 0 Å². The van der Waals surface area contributed by atoms with E-state index in [-0.39, 0.29) is 24.0 Å². The Balaban J connectivity index is 1.59. The van der Waals surface area contributed by atoms with Crippen molar-refractivity contribution in [3.05, 3.63) is 53.7 Å². The maximum atomic E-state index is 13.5. The molecule has 1 N–H and O–H groups in total. The molecule has 24 heavy (non-hydrogen) atoms. The zero-order valence-electron chi connectivity index (χ0n) is 13.6. The summed E-state index contributed by atoms with van der Waals surface area (Å²) in [5, 5.41) is 2.66. The summed E-state index contributed by atoms with van der Waals surface area (Å²) >= 11 is 0.